The third-order valence-electron chi connectivity index (χ3n) is 5.12. The smallest absolute Gasteiger partial charge is 0.0314 e. The van der Waals surface area contributed by atoms with Gasteiger partial charge in [0.05, 0.1) is 0 Å². The molecule has 0 bridgehead atoms. The number of nitrogen functional groups attached to an aromatic ring is 2. The fourth-order valence-corrected chi connectivity index (χ4v) is 3.40. The molecule has 26 heavy (non-hydrogen) atoms. The van der Waals surface area contributed by atoms with E-state index in [-0.39, 0.29) is 0 Å². The van der Waals surface area contributed by atoms with Crippen molar-refractivity contribution in [1.82, 2.24) is 0 Å². The van der Waals surface area contributed by atoms with Crippen LogP contribution in [0.5, 0.6) is 0 Å². The number of rotatable bonds is 6. The van der Waals surface area contributed by atoms with Crippen molar-refractivity contribution in [3.63, 3.8) is 0 Å². The summed E-state index contributed by atoms with van der Waals surface area (Å²) in [4.78, 5) is 0. The SMILES string of the molecule is CC(Cc1ccc(CC(C)c2ccc(N)cc2)cc1)c1ccc(N)cc1. The molecule has 0 aliphatic rings. The minimum absolute atomic E-state index is 0.482. The largest absolute Gasteiger partial charge is 0.399 e. The van der Waals surface area contributed by atoms with Crippen molar-refractivity contribution in [3.8, 4) is 0 Å². The second-order valence-electron chi connectivity index (χ2n) is 7.36. The van der Waals surface area contributed by atoms with Crippen molar-refractivity contribution in [3.05, 3.63) is 95.1 Å². The average Bonchev–Trinajstić information content (AvgIpc) is 2.64. The fraction of sp³-hybridized carbons (Fsp3) is 0.250. The molecule has 0 aromatic heterocycles. The lowest BCUT2D eigenvalue weighted by Crippen LogP contribution is -2.01. The predicted octanol–water partition coefficient (Wildman–Crippen LogP) is 5.54. The van der Waals surface area contributed by atoms with Crippen molar-refractivity contribution in [2.24, 2.45) is 0 Å². The summed E-state index contributed by atoms with van der Waals surface area (Å²) in [5, 5.41) is 0. The van der Waals surface area contributed by atoms with Gasteiger partial charge < -0.3 is 11.5 Å². The molecule has 0 spiro atoms. The van der Waals surface area contributed by atoms with Crippen LogP contribution in [0.3, 0.4) is 0 Å². The Balaban J connectivity index is 1.61. The molecule has 2 unspecified atom stereocenters. The van der Waals surface area contributed by atoms with Crippen LogP contribution in [0.25, 0.3) is 0 Å². The Bertz CT molecular complexity index is 745. The molecule has 0 saturated heterocycles. The monoisotopic (exact) mass is 344 g/mol. The van der Waals surface area contributed by atoms with Gasteiger partial charge in [-0.25, -0.2) is 0 Å². The lowest BCUT2D eigenvalue weighted by molar-refractivity contribution is 0.749. The van der Waals surface area contributed by atoms with Crippen molar-refractivity contribution >= 4 is 11.4 Å². The van der Waals surface area contributed by atoms with E-state index in [2.05, 4.69) is 62.4 Å². The summed E-state index contributed by atoms with van der Waals surface area (Å²) in [5.74, 6) is 0.963. The van der Waals surface area contributed by atoms with E-state index >= 15 is 0 Å². The molecule has 4 N–H and O–H groups in total. The van der Waals surface area contributed by atoms with Gasteiger partial charge in [-0.3, -0.25) is 0 Å². The first-order valence-corrected chi connectivity index (χ1v) is 9.30. The standard InChI is InChI=1S/C24H28N2/c1-17(21-7-11-23(25)12-8-21)15-19-3-5-20(6-4-19)16-18(2)22-9-13-24(26)14-10-22/h3-14,17-18H,15-16,25-26H2,1-2H3. The van der Waals surface area contributed by atoms with Crippen molar-refractivity contribution < 1.29 is 0 Å². The highest BCUT2D eigenvalue weighted by Crippen LogP contribution is 2.24. The molecule has 0 radical (unpaired) electrons. The Kier molecular flexibility index (Phi) is 5.62. The van der Waals surface area contributed by atoms with Crippen LogP contribution in [0.15, 0.2) is 72.8 Å². The number of benzene rings is 3. The van der Waals surface area contributed by atoms with E-state index < -0.39 is 0 Å². The van der Waals surface area contributed by atoms with Gasteiger partial charge in [0.2, 0.25) is 0 Å². The third-order valence-corrected chi connectivity index (χ3v) is 5.12. The Morgan fingerprint density at radius 1 is 0.538 bits per heavy atom. The highest BCUT2D eigenvalue weighted by molar-refractivity contribution is 5.41. The van der Waals surface area contributed by atoms with Crippen LogP contribution in [0.1, 0.15) is 47.9 Å². The Labute approximate surface area is 156 Å². The van der Waals surface area contributed by atoms with Crippen LogP contribution in [0, 0.1) is 0 Å². The summed E-state index contributed by atoms with van der Waals surface area (Å²) in [6.07, 6.45) is 2.08. The van der Waals surface area contributed by atoms with E-state index in [1.54, 1.807) is 0 Å². The first kappa shape index (κ1) is 18.1. The number of hydrogen-bond acceptors (Lipinski definition) is 2. The minimum Gasteiger partial charge on any atom is -0.399 e. The van der Waals surface area contributed by atoms with Crippen LogP contribution in [-0.2, 0) is 12.8 Å². The van der Waals surface area contributed by atoms with Gasteiger partial charge in [0.1, 0.15) is 0 Å². The summed E-state index contributed by atoms with van der Waals surface area (Å²) in [6, 6.07) is 25.5. The van der Waals surface area contributed by atoms with Gasteiger partial charge in [-0.2, -0.15) is 0 Å². The Morgan fingerprint density at radius 3 is 1.15 bits per heavy atom. The lowest BCUT2D eigenvalue weighted by atomic mass is 9.91. The molecule has 0 fully saturated rings. The van der Waals surface area contributed by atoms with Gasteiger partial charge in [-0.1, -0.05) is 62.4 Å². The third kappa shape index (κ3) is 4.66. The zero-order valence-corrected chi connectivity index (χ0v) is 15.7. The molecular formula is C24H28N2. The van der Waals surface area contributed by atoms with Crippen LogP contribution in [0.4, 0.5) is 11.4 Å². The maximum atomic E-state index is 5.78. The number of nitrogens with two attached hydrogens (primary N) is 2. The highest BCUT2D eigenvalue weighted by atomic mass is 14.5. The zero-order valence-electron chi connectivity index (χ0n) is 15.7. The topological polar surface area (TPSA) is 52.0 Å². The normalized spacial score (nSPS) is 13.3. The molecule has 0 saturated carbocycles. The van der Waals surface area contributed by atoms with Crippen LogP contribution in [-0.4, -0.2) is 0 Å². The molecule has 0 amide bonds. The van der Waals surface area contributed by atoms with Crippen LogP contribution in [0.2, 0.25) is 0 Å². The van der Waals surface area contributed by atoms with E-state index in [9.17, 15) is 0 Å². The maximum absolute atomic E-state index is 5.78. The average molecular weight is 345 g/mol. The van der Waals surface area contributed by atoms with Crippen molar-refractivity contribution in [2.75, 3.05) is 11.5 Å². The molecule has 2 atom stereocenters. The number of hydrogen-bond donors (Lipinski definition) is 2. The Morgan fingerprint density at radius 2 is 0.846 bits per heavy atom. The first-order chi connectivity index (χ1) is 12.5. The van der Waals surface area contributed by atoms with E-state index in [1.165, 1.54) is 22.3 Å². The predicted molar refractivity (Wildman–Crippen MR) is 112 cm³/mol. The molecule has 134 valence electrons. The molecule has 2 heteroatoms. The van der Waals surface area contributed by atoms with Crippen molar-refractivity contribution in [2.45, 2.75) is 38.5 Å². The molecular weight excluding hydrogens is 316 g/mol. The molecule has 3 rings (SSSR count). The molecule has 2 nitrogen and oxygen atoms in total. The fourth-order valence-electron chi connectivity index (χ4n) is 3.40. The van der Waals surface area contributed by atoms with Gasteiger partial charge in [0.15, 0.2) is 0 Å². The quantitative estimate of drug-likeness (QED) is 0.577. The van der Waals surface area contributed by atoms with E-state index in [1.807, 2.05) is 24.3 Å². The lowest BCUT2D eigenvalue weighted by Gasteiger charge is -2.14. The Hall–Kier alpha value is -2.74. The number of anilines is 2. The van der Waals surface area contributed by atoms with Gasteiger partial charge in [0, 0.05) is 11.4 Å². The minimum atomic E-state index is 0.482. The molecule has 0 aliphatic heterocycles. The second-order valence-corrected chi connectivity index (χ2v) is 7.36. The van der Waals surface area contributed by atoms with Gasteiger partial charge in [-0.15, -0.1) is 0 Å². The van der Waals surface area contributed by atoms with E-state index in [0.717, 1.165) is 24.2 Å². The van der Waals surface area contributed by atoms with Gasteiger partial charge in [0.25, 0.3) is 0 Å². The summed E-state index contributed by atoms with van der Waals surface area (Å²) >= 11 is 0. The molecule has 0 heterocycles. The summed E-state index contributed by atoms with van der Waals surface area (Å²) < 4.78 is 0. The van der Waals surface area contributed by atoms with Crippen molar-refractivity contribution in [1.29, 1.82) is 0 Å². The van der Waals surface area contributed by atoms with Crippen LogP contribution < -0.4 is 11.5 Å². The van der Waals surface area contributed by atoms with Gasteiger partial charge in [-0.05, 0) is 71.2 Å². The summed E-state index contributed by atoms with van der Waals surface area (Å²) in [5.41, 5.74) is 18.6. The van der Waals surface area contributed by atoms with Gasteiger partial charge >= 0.3 is 0 Å². The molecule has 3 aromatic rings. The second kappa shape index (κ2) is 8.09. The highest BCUT2D eigenvalue weighted by Gasteiger charge is 2.09. The maximum Gasteiger partial charge on any atom is 0.0314 e. The summed E-state index contributed by atoms with van der Waals surface area (Å²) in [7, 11) is 0. The summed E-state index contributed by atoms with van der Waals surface area (Å²) in [6.45, 7) is 4.53. The zero-order chi connectivity index (χ0) is 18.5. The first-order valence-electron chi connectivity index (χ1n) is 9.30. The van der Waals surface area contributed by atoms with E-state index in [0.29, 0.717) is 11.8 Å². The molecule has 3 aromatic carbocycles. The van der Waals surface area contributed by atoms with Crippen LogP contribution >= 0.6 is 0 Å². The molecule has 0 aliphatic carbocycles. The van der Waals surface area contributed by atoms with E-state index in [4.69, 9.17) is 11.5 Å².